The Hall–Kier alpha value is -2.14. The van der Waals surface area contributed by atoms with Crippen molar-refractivity contribution in [1.29, 1.82) is 0 Å². The molecule has 0 bridgehead atoms. The first-order chi connectivity index (χ1) is 11.7. The Morgan fingerprint density at radius 2 is 1.96 bits per heavy atom. The van der Waals surface area contributed by atoms with Gasteiger partial charge in [0.1, 0.15) is 0 Å². The summed E-state index contributed by atoms with van der Waals surface area (Å²) >= 11 is 0. The summed E-state index contributed by atoms with van der Waals surface area (Å²) in [7, 11) is 0. The lowest BCUT2D eigenvalue weighted by Crippen LogP contribution is -2.44. The molecule has 1 N–H and O–H groups in total. The fourth-order valence-corrected chi connectivity index (χ4v) is 3.93. The molecule has 3 heterocycles. The van der Waals surface area contributed by atoms with E-state index < -0.39 is 0 Å². The number of rotatable bonds is 3. The quantitative estimate of drug-likeness (QED) is 0.940. The fraction of sp³-hybridized carbons (Fsp3) is 0.474. The molecule has 126 valence electrons. The number of nitrogens with one attached hydrogen (secondary N) is 1. The van der Waals surface area contributed by atoms with Gasteiger partial charge in [0, 0.05) is 32.0 Å². The summed E-state index contributed by atoms with van der Waals surface area (Å²) in [6, 6.07) is 10.00. The van der Waals surface area contributed by atoms with Crippen molar-refractivity contribution >= 4 is 5.91 Å². The van der Waals surface area contributed by atoms with Crippen molar-refractivity contribution in [3.8, 4) is 5.69 Å². The van der Waals surface area contributed by atoms with E-state index in [1.165, 1.54) is 6.42 Å². The highest BCUT2D eigenvalue weighted by Crippen LogP contribution is 2.36. The van der Waals surface area contributed by atoms with Gasteiger partial charge in [0.25, 0.3) is 0 Å². The van der Waals surface area contributed by atoms with E-state index in [0.717, 1.165) is 50.3 Å². The molecule has 24 heavy (non-hydrogen) atoms. The SMILES string of the molecule is O=C(Cc1ccc(-n2cccn2)cc1)N1CCC2(CCNC2)CC1. The molecule has 2 aliphatic rings. The molecule has 0 aliphatic carbocycles. The maximum Gasteiger partial charge on any atom is 0.226 e. The van der Waals surface area contributed by atoms with Crippen LogP contribution < -0.4 is 5.32 Å². The van der Waals surface area contributed by atoms with Gasteiger partial charge in [-0.3, -0.25) is 4.79 Å². The number of carbonyl (C=O) groups is 1. The van der Waals surface area contributed by atoms with Gasteiger partial charge in [-0.25, -0.2) is 4.68 Å². The van der Waals surface area contributed by atoms with Crippen LogP contribution in [0.1, 0.15) is 24.8 Å². The maximum atomic E-state index is 12.6. The summed E-state index contributed by atoms with van der Waals surface area (Å²) in [5.74, 6) is 0.252. The topological polar surface area (TPSA) is 50.2 Å². The third-order valence-corrected chi connectivity index (χ3v) is 5.57. The van der Waals surface area contributed by atoms with Crippen LogP contribution in [0.5, 0.6) is 0 Å². The molecule has 0 saturated carbocycles. The van der Waals surface area contributed by atoms with E-state index in [2.05, 4.69) is 10.4 Å². The Bertz CT molecular complexity index is 677. The number of amides is 1. The van der Waals surface area contributed by atoms with E-state index in [0.29, 0.717) is 11.8 Å². The minimum Gasteiger partial charge on any atom is -0.342 e. The second-order valence-electron chi connectivity index (χ2n) is 7.10. The lowest BCUT2D eigenvalue weighted by atomic mass is 9.78. The van der Waals surface area contributed by atoms with Crippen LogP contribution in [-0.2, 0) is 11.2 Å². The molecule has 0 unspecified atom stereocenters. The van der Waals surface area contributed by atoms with Crippen LogP contribution in [0.15, 0.2) is 42.7 Å². The van der Waals surface area contributed by atoms with Crippen LogP contribution in [0.2, 0.25) is 0 Å². The molecule has 1 aromatic carbocycles. The van der Waals surface area contributed by atoms with E-state index in [-0.39, 0.29) is 5.91 Å². The lowest BCUT2D eigenvalue weighted by molar-refractivity contribution is -0.132. The van der Waals surface area contributed by atoms with E-state index >= 15 is 0 Å². The highest BCUT2D eigenvalue weighted by molar-refractivity contribution is 5.79. The van der Waals surface area contributed by atoms with Crippen molar-refractivity contribution < 1.29 is 4.79 Å². The number of aromatic nitrogens is 2. The van der Waals surface area contributed by atoms with Gasteiger partial charge in [-0.05, 0) is 55.0 Å². The Kier molecular flexibility index (Phi) is 4.10. The Morgan fingerprint density at radius 3 is 2.58 bits per heavy atom. The van der Waals surface area contributed by atoms with Crippen molar-refractivity contribution in [2.75, 3.05) is 26.2 Å². The van der Waals surface area contributed by atoms with Gasteiger partial charge >= 0.3 is 0 Å². The fourth-order valence-electron chi connectivity index (χ4n) is 3.93. The largest absolute Gasteiger partial charge is 0.342 e. The average Bonchev–Trinajstić information content (AvgIpc) is 3.29. The summed E-state index contributed by atoms with van der Waals surface area (Å²) < 4.78 is 1.82. The molecule has 2 aromatic rings. The number of hydrogen-bond donors (Lipinski definition) is 1. The van der Waals surface area contributed by atoms with Gasteiger partial charge in [0.05, 0.1) is 12.1 Å². The zero-order valence-corrected chi connectivity index (χ0v) is 13.9. The first-order valence-corrected chi connectivity index (χ1v) is 8.82. The number of piperidine rings is 1. The zero-order valence-electron chi connectivity index (χ0n) is 13.9. The summed E-state index contributed by atoms with van der Waals surface area (Å²) in [5.41, 5.74) is 2.55. The van der Waals surface area contributed by atoms with Crippen LogP contribution in [0.4, 0.5) is 0 Å². The maximum absolute atomic E-state index is 12.6. The second-order valence-corrected chi connectivity index (χ2v) is 7.10. The Labute approximate surface area is 142 Å². The highest BCUT2D eigenvalue weighted by atomic mass is 16.2. The van der Waals surface area contributed by atoms with Crippen LogP contribution in [0.3, 0.4) is 0 Å². The molecule has 4 rings (SSSR count). The number of nitrogens with zero attached hydrogens (tertiary/aromatic N) is 3. The molecule has 2 saturated heterocycles. The molecule has 2 aliphatic heterocycles. The average molecular weight is 324 g/mol. The van der Waals surface area contributed by atoms with Crippen molar-refractivity contribution in [3.05, 3.63) is 48.3 Å². The predicted molar refractivity (Wildman–Crippen MR) is 93.0 cm³/mol. The standard InChI is InChI=1S/C19H24N4O/c24-18(22-12-7-19(8-13-22)6-10-20-15-19)14-16-2-4-17(5-3-16)23-11-1-9-21-23/h1-5,9,11,20H,6-8,10,12-15H2. The molecule has 0 radical (unpaired) electrons. The van der Waals surface area contributed by atoms with Crippen LogP contribution in [0.25, 0.3) is 5.69 Å². The van der Waals surface area contributed by atoms with Gasteiger partial charge in [-0.1, -0.05) is 12.1 Å². The highest BCUT2D eigenvalue weighted by Gasteiger charge is 2.37. The Morgan fingerprint density at radius 1 is 1.17 bits per heavy atom. The summed E-state index contributed by atoms with van der Waals surface area (Å²) in [4.78, 5) is 14.6. The summed E-state index contributed by atoms with van der Waals surface area (Å²) in [6.07, 6.45) is 7.73. The number of carbonyl (C=O) groups excluding carboxylic acids is 1. The lowest BCUT2D eigenvalue weighted by Gasteiger charge is -2.39. The van der Waals surface area contributed by atoms with Crippen molar-refractivity contribution in [1.82, 2.24) is 20.0 Å². The first-order valence-electron chi connectivity index (χ1n) is 8.82. The normalized spacial score (nSPS) is 19.8. The van der Waals surface area contributed by atoms with Gasteiger partial charge in [-0.2, -0.15) is 5.10 Å². The molecule has 1 aromatic heterocycles. The molecule has 0 atom stereocenters. The second kappa shape index (κ2) is 6.40. The third kappa shape index (κ3) is 3.08. The third-order valence-electron chi connectivity index (χ3n) is 5.57. The minimum atomic E-state index is 0.252. The molecule has 5 heteroatoms. The number of benzene rings is 1. The van der Waals surface area contributed by atoms with Gasteiger partial charge in [-0.15, -0.1) is 0 Å². The van der Waals surface area contributed by atoms with Crippen molar-refractivity contribution in [2.45, 2.75) is 25.7 Å². The number of hydrogen-bond acceptors (Lipinski definition) is 3. The monoisotopic (exact) mass is 324 g/mol. The van der Waals surface area contributed by atoms with E-state index in [4.69, 9.17) is 0 Å². The van der Waals surface area contributed by atoms with E-state index in [1.54, 1.807) is 6.20 Å². The summed E-state index contributed by atoms with van der Waals surface area (Å²) in [6.45, 7) is 4.08. The molecule has 1 amide bonds. The molecule has 5 nitrogen and oxygen atoms in total. The van der Waals surface area contributed by atoms with Crippen LogP contribution >= 0.6 is 0 Å². The van der Waals surface area contributed by atoms with Gasteiger partial charge in [0.2, 0.25) is 5.91 Å². The molecule has 2 fully saturated rings. The van der Waals surface area contributed by atoms with Crippen LogP contribution in [0, 0.1) is 5.41 Å². The molecular formula is C19H24N4O. The summed E-state index contributed by atoms with van der Waals surface area (Å²) in [5, 5.41) is 7.69. The number of likely N-dealkylation sites (tertiary alicyclic amines) is 1. The van der Waals surface area contributed by atoms with E-state index in [9.17, 15) is 4.79 Å². The van der Waals surface area contributed by atoms with Crippen molar-refractivity contribution in [2.24, 2.45) is 5.41 Å². The van der Waals surface area contributed by atoms with Crippen molar-refractivity contribution in [3.63, 3.8) is 0 Å². The Balaban J connectivity index is 1.34. The van der Waals surface area contributed by atoms with Gasteiger partial charge < -0.3 is 10.2 Å². The smallest absolute Gasteiger partial charge is 0.226 e. The first kappa shape index (κ1) is 15.4. The van der Waals surface area contributed by atoms with Gasteiger partial charge in [0.15, 0.2) is 0 Å². The molecule has 1 spiro atoms. The predicted octanol–water partition coefficient (Wildman–Crippen LogP) is 2.02. The molecular weight excluding hydrogens is 300 g/mol. The minimum absolute atomic E-state index is 0.252. The zero-order chi connectivity index (χ0) is 16.4. The van der Waals surface area contributed by atoms with Crippen LogP contribution in [-0.4, -0.2) is 46.8 Å². The van der Waals surface area contributed by atoms with E-state index in [1.807, 2.05) is 46.1 Å².